The summed E-state index contributed by atoms with van der Waals surface area (Å²) in [7, 11) is 1.67. The highest BCUT2D eigenvalue weighted by atomic mass is 32.1. The third-order valence-corrected chi connectivity index (χ3v) is 7.37. The number of fused-ring (bicyclic) bond motifs is 2. The van der Waals surface area contributed by atoms with Gasteiger partial charge in [0.05, 0.1) is 23.9 Å². The number of likely N-dealkylation sites (N-methyl/N-ethyl adjacent to an activating group) is 1. The predicted molar refractivity (Wildman–Crippen MR) is 138 cm³/mol. The molecule has 5 rings (SSSR count). The maximum absolute atomic E-state index is 13.7. The van der Waals surface area contributed by atoms with E-state index in [2.05, 4.69) is 23.2 Å². The summed E-state index contributed by atoms with van der Waals surface area (Å²) in [5.41, 5.74) is 6.58. The summed E-state index contributed by atoms with van der Waals surface area (Å²) in [5, 5.41) is 4.58. The number of hydrogen-bond acceptors (Lipinski definition) is 6. The van der Waals surface area contributed by atoms with Gasteiger partial charge in [-0.1, -0.05) is 25.1 Å². The molecule has 1 aliphatic rings. The first-order valence-corrected chi connectivity index (χ1v) is 12.4. The van der Waals surface area contributed by atoms with Crippen LogP contribution in [-0.2, 0) is 13.0 Å². The summed E-state index contributed by atoms with van der Waals surface area (Å²) in [6, 6.07) is 13.9. The topological polar surface area (TPSA) is 67.4 Å². The van der Waals surface area contributed by atoms with E-state index in [4.69, 9.17) is 14.7 Å². The second kappa shape index (κ2) is 9.16. The molecule has 0 aliphatic carbocycles. The molecule has 3 heterocycles. The summed E-state index contributed by atoms with van der Waals surface area (Å²) in [5.74, 6) is 0.722. The molecule has 0 fully saturated rings. The number of anilines is 1. The summed E-state index contributed by atoms with van der Waals surface area (Å²) in [6.45, 7) is 8.85. The van der Waals surface area contributed by atoms with Crippen LogP contribution in [0.15, 0.2) is 42.5 Å². The molecule has 1 aliphatic heterocycles. The highest BCUT2D eigenvalue weighted by Gasteiger charge is 2.26. The molecule has 0 unspecified atom stereocenters. The highest BCUT2D eigenvalue weighted by molar-refractivity contribution is 7.16. The zero-order chi connectivity index (χ0) is 23.8. The van der Waals surface area contributed by atoms with Gasteiger partial charge in [0.25, 0.3) is 5.91 Å². The lowest BCUT2D eigenvalue weighted by Crippen LogP contribution is -2.33. The lowest BCUT2D eigenvalue weighted by atomic mass is 9.95. The number of para-hydroxylation sites is 1. The minimum atomic E-state index is -0.126. The van der Waals surface area contributed by atoms with Crippen LogP contribution in [0.1, 0.15) is 39.0 Å². The number of benzene rings is 2. The van der Waals surface area contributed by atoms with E-state index < -0.39 is 0 Å². The quantitative estimate of drug-likeness (QED) is 0.409. The molecule has 4 aromatic rings. The molecule has 0 saturated heterocycles. The molecule has 1 N–H and O–H groups in total. The molecule has 7 heteroatoms. The van der Waals surface area contributed by atoms with Crippen LogP contribution in [0.3, 0.4) is 0 Å². The van der Waals surface area contributed by atoms with Crippen LogP contribution in [0.5, 0.6) is 5.75 Å². The third kappa shape index (κ3) is 4.06. The van der Waals surface area contributed by atoms with Crippen molar-refractivity contribution in [2.24, 2.45) is 0 Å². The van der Waals surface area contributed by atoms with Crippen LogP contribution in [0.4, 0.5) is 5.13 Å². The average molecular weight is 473 g/mol. The van der Waals surface area contributed by atoms with Gasteiger partial charge < -0.3 is 4.74 Å². The lowest BCUT2D eigenvalue weighted by molar-refractivity contribution is 0.102. The van der Waals surface area contributed by atoms with Crippen molar-refractivity contribution in [3.8, 4) is 17.0 Å². The van der Waals surface area contributed by atoms with Gasteiger partial charge in [0.2, 0.25) is 0 Å². The predicted octanol–water partition coefficient (Wildman–Crippen LogP) is 5.61. The first kappa shape index (κ1) is 22.5. The van der Waals surface area contributed by atoms with Crippen LogP contribution in [0, 0.1) is 13.8 Å². The number of nitrogens with zero attached hydrogens (tertiary/aromatic N) is 3. The molecule has 0 spiro atoms. The number of amides is 1. The molecule has 0 bridgehead atoms. The van der Waals surface area contributed by atoms with Crippen molar-refractivity contribution in [1.29, 1.82) is 0 Å². The number of nitrogens with one attached hydrogen (secondary N) is 1. The van der Waals surface area contributed by atoms with Crippen LogP contribution in [-0.4, -0.2) is 41.0 Å². The van der Waals surface area contributed by atoms with Gasteiger partial charge >= 0.3 is 0 Å². The largest absolute Gasteiger partial charge is 0.496 e. The van der Waals surface area contributed by atoms with E-state index in [9.17, 15) is 4.79 Å². The Balaban J connectivity index is 1.52. The van der Waals surface area contributed by atoms with Crippen molar-refractivity contribution in [1.82, 2.24) is 14.9 Å². The van der Waals surface area contributed by atoms with Crippen LogP contribution >= 0.6 is 11.3 Å². The number of aryl methyl sites for hydroxylation is 2. The summed E-state index contributed by atoms with van der Waals surface area (Å²) in [4.78, 5) is 26.8. The zero-order valence-electron chi connectivity index (χ0n) is 19.9. The molecule has 0 atom stereocenters. The highest BCUT2D eigenvalue weighted by Crippen LogP contribution is 2.34. The van der Waals surface area contributed by atoms with E-state index in [1.807, 2.05) is 50.2 Å². The number of ether oxygens (including phenoxy) is 1. The van der Waals surface area contributed by atoms with E-state index in [1.54, 1.807) is 7.11 Å². The van der Waals surface area contributed by atoms with Gasteiger partial charge in [0.1, 0.15) is 5.75 Å². The number of pyridine rings is 1. The number of methoxy groups -OCH3 is 1. The number of hydrogen-bond donors (Lipinski definition) is 1. The molecule has 34 heavy (non-hydrogen) atoms. The first-order valence-electron chi connectivity index (χ1n) is 11.5. The van der Waals surface area contributed by atoms with Crippen molar-refractivity contribution in [2.75, 3.05) is 25.5 Å². The Labute approximate surface area is 203 Å². The minimum absolute atomic E-state index is 0.126. The zero-order valence-corrected chi connectivity index (χ0v) is 20.8. The average Bonchev–Trinajstić information content (AvgIpc) is 3.21. The van der Waals surface area contributed by atoms with Crippen molar-refractivity contribution in [2.45, 2.75) is 33.7 Å². The molecule has 174 valence electrons. The van der Waals surface area contributed by atoms with Gasteiger partial charge in [-0.3, -0.25) is 20.0 Å². The molecule has 6 nitrogen and oxygen atoms in total. The first-order chi connectivity index (χ1) is 16.5. The molecule has 0 radical (unpaired) electrons. The monoisotopic (exact) mass is 472 g/mol. The molecular formula is C27H28N4O2S. The molecule has 0 saturated carbocycles. The number of aromatic nitrogens is 2. The van der Waals surface area contributed by atoms with Crippen LogP contribution in [0.25, 0.3) is 22.2 Å². The van der Waals surface area contributed by atoms with E-state index in [0.29, 0.717) is 10.7 Å². The van der Waals surface area contributed by atoms with Gasteiger partial charge in [-0.2, -0.15) is 0 Å². The molecule has 2 aromatic heterocycles. The Bertz CT molecular complexity index is 1400. The van der Waals surface area contributed by atoms with Crippen molar-refractivity contribution in [3.63, 3.8) is 0 Å². The van der Waals surface area contributed by atoms with E-state index in [1.165, 1.54) is 11.3 Å². The van der Waals surface area contributed by atoms with Crippen molar-refractivity contribution in [3.05, 3.63) is 69.7 Å². The summed E-state index contributed by atoms with van der Waals surface area (Å²) >= 11 is 1.50. The van der Waals surface area contributed by atoms with Crippen LogP contribution in [0.2, 0.25) is 0 Å². The second-order valence-electron chi connectivity index (χ2n) is 8.61. The van der Waals surface area contributed by atoms with Crippen molar-refractivity contribution >= 4 is 33.3 Å². The Kier molecular flexibility index (Phi) is 6.06. The Morgan fingerprint density at radius 1 is 1.18 bits per heavy atom. The van der Waals surface area contributed by atoms with Crippen LogP contribution < -0.4 is 10.1 Å². The van der Waals surface area contributed by atoms with E-state index in [-0.39, 0.29) is 5.91 Å². The Morgan fingerprint density at radius 3 is 2.76 bits per heavy atom. The SMILES string of the molecule is CCN1CCc2nc3ccccc3c(C(=O)Nc3nc(-c4ccc(OC)c(C)c4)c(C)s3)c2C1. The molecule has 1 amide bonds. The van der Waals surface area contributed by atoms with E-state index >= 15 is 0 Å². The normalized spacial score (nSPS) is 13.6. The van der Waals surface area contributed by atoms with Gasteiger partial charge in [-0.05, 0) is 50.2 Å². The number of carbonyl (C=O) groups is 1. The second-order valence-corrected chi connectivity index (χ2v) is 9.81. The van der Waals surface area contributed by atoms with Gasteiger partial charge in [0, 0.05) is 46.6 Å². The number of thiazole rings is 1. The fraction of sp³-hybridized carbons (Fsp3) is 0.296. The minimum Gasteiger partial charge on any atom is -0.496 e. The maximum atomic E-state index is 13.7. The molecular weight excluding hydrogens is 444 g/mol. The molecule has 2 aromatic carbocycles. The smallest absolute Gasteiger partial charge is 0.258 e. The number of rotatable bonds is 5. The van der Waals surface area contributed by atoms with Gasteiger partial charge in [-0.15, -0.1) is 11.3 Å². The summed E-state index contributed by atoms with van der Waals surface area (Å²) < 4.78 is 5.39. The fourth-order valence-corrected chi connectivity index (χ4v) is 5.51. The Morgan fingerprint density at radius 2 is 2.00 bits per heavy atom. The van der Waals surface area contributed by atoms with E-state index in [0.717, 1.165) is 75.7 Å². The number of carbonyl (C=O) groups excluding carboxylic acids is 1. The lowest BCUT2D eigenvalue weighted by Gasteiger charge is -2.29. The Hall–Kier alpha value is -3.29. The maximum Gasteiger partial charge on any atom is 0.258 e. The van der Waals surface area contributed by atoms with Crippen molar-refractivity contribution < 1.29 is 9.53 Å². The third-order valence-electron chi connectivity index (χ3n) is 6.49. The van der Waals surface area contributed by atoms with Gasteiger partial charge in [0.15, 0.2) is 5.13 Å². The standard InChI is InChI=1S/C27H28N4O2S/c1-5-31-13-12-22-20(15-31)24(19-8-6-7-9-21(19)28-22)26(32)30-27-29-25(17(3)34-27)18-10-11-23(33-4)16(2)14-18/h6-11,14H,5,12-13,15H2,1-4H3,(H,29,30,32). The summed E-state index contributed by atoms with van der Waals surface area (Å²) in [6.07, 6.45) is 0.853. The fourth-order valence-electron chi connectivity index (χ4n) is 4.68. The van der Waals surface area contributed by atoms with Gasteiger partial charge in [-0.25, -0.2) is 4.98 Å².